The van der Waals surface area contributed by atoms with Gasteiger partial charge in [0.1, 0.15) is 5.82 Å². The lowest BCUT2D eigenvalue weighted by Gasteiger charge is -2.35. The average Bonchev–Trinajstić information content (AvgIpc) is 2.73. The van der Waals surface area contributed by atoms with Crippen molar-refractivity contribution in [3.05, 3.63) is 54.2 Å². The quantitative estimate of drug-likeness (QED) is 0.715. The molecule has 10 heteroatoms. The zero-order chi connectivity index (χ0) is 20.1. The number of carbonyl (C=O) groups is 2. The third-order valence-electron chi connectivity index (χ3n) is 4.41. The predicted molar refractivity (Wildman–Crippen MR) is 102 cm³/mol. The summed E-state index contributed by atoms with van der Waals surface area (Å²) in [6, 6.07) is 10.6. The Morgan fingerprint density at radius 3 is 2.46 bits per heavy atom. The van der Waals surface area contributed by atoms with Gasteiger partial charge in [-0.1, -0.05) is 12.1 Å². The van der Waals surface area contributed by atoms with Gasteiger partial charge in [-0.3, -0.25) is 4.79 Å². The third kappa shape index (κ3) is 4.65. The molecule has 0 spiro atoms. The van der Waals surface area contributed by atoms with Crippen molar-refractivity contribution in [2.24, 2.45) is 0 Å². The van der Waals surface area contributed by atoms with Crippen LogP contribution in [0.15, 0.2) is 53.6 Å². The van der Waals surface area contributed by atoms with E-state index in [0.717, 1.165) is 11.9 Å². The van der Waals surface area contributed by atoms with Crippen molar-refractivity contribution in [2.45, 2.75) is 4.90 Å². The highest BCUT2D eigenvalue weighted by atomic mass is 32.2. The summed E-state index contributed by atoms with van der Waals surface area (Å²) in [5, 5.41) is 8.98. The van der Waals surface area contributed by atoms with Crippen LogP contribution in [0.4, 0.5) is 5.82 Å². The van der Waals surface area contributed by atoms with Crippen molar-refractivity contribution in [3.63, 3.8) is 0 Å². The van der Waals surface area contributed by atoms with Gasteiger partial charge >= 0.3 is 5.97 Å². The standard InChI is InChI=1S/C18H20N4O5S/c23-17(22-10-8-21(9-11-22)16-6-1-2-7-19-16)13-20-28(26,27)15-5-3-4-14(12-15)18(24)25/h1-7,12,20H,8-11,13H2,(H,24,25). The first-order chi connectivity index (χ1) is 13.4. The van der Waals surface area contributed by atoms with Gasteiger partial charge in [-0.05, 0) is 30.3 Å². The Bertz CT molecular complexity index is 957. The van der Waals surface area contributed by atoms with E-state index in [-0.39, 0.29) is 22.9 Å². The molecule has 0 unspecified atom stereocenters. The predicted octanol–water partition coefficient (Wildman–Crippen LogP) is 0.407. The number of piperazine rings is 1. The number of anilines is 1. The highest BCUT2D eigenvalue weighted by molar-refractivity contribution is 7.89. The van der Waals surface area contributed by atoms with E-state index < -0.39 is 16.0 Å². The molecule has 3 rings (SSSR count). The van der Waals surface area contributed by atoms with Gasteiger partial charge in [0.25, 0.3) is 0 Å². The molecule has 0 saturated carbocycles. The Kier molecular flexibility index (Phi) is 5.90. The molecule has 0 aliphatic carbocycles. The molecule has 9 nitrogen and oxygen atoms in total. The van der Waals surface area contributed by atoms with E-state index in [1.165, 1.54) is 18.2 Å². The van der Waals surface area contributed by atoms with Crippen molar-refractivity contribution in [2.75, 3.05) is 37.6 Å². The fraction of sp³-hybridized carbons (Fsp3) is 0.278. The van der Waals surface area contributed by atoms with Gasteiger partial charge in [-0.25, -0.2) is 22.9 Å². The van der Waals surface area contributed by atoms with Crippen molar-refractivity contribution in [1.29, 1.82) is 0 Å². The summed E-state index contributed by atoms with van der Waals surface area (Å²) >= 11 is 0. The number of hydrogen-bond acceptors (Lipinski definition) is 6. The molecule has 148 valence electrons. The molecule has 1 aromatic carbocycles. The normalized spacial score (nSPS) is 14.7. The second kappa shape index (κ2) is 8.36. The molecular weight excluding hydrogens is 384 g/mol. The van der Waals surface area contributed by atoms with Gasteiger partial charge < -0.3 is 14.9 Å². The summed E-state index contributed by atoms with van der Waals surface area (Å²) in [6.07, 6.45) is 1.71. The third-order valence-corrected chi connectivity index (χ3v) is 5.81. The molecule has 2 N–H and O–H groups in total. The first kappa shape index (κ1) is 19.8. The van der Waals surface area contributed by atoms with E-state index in [1.807, 2.05) is 18.2 Å². The van der Waals surface area contributed by atoms with Gasteiger partial charge in [0.05, 0.1) is 17.0 Å². The number of nitrogens with one attached hydrogen (secondary N) is 1. The molecule has 1 aliphatic rings. The zero-order valence-electron chi connectivity index (χ0n) is 15.0. The summed E-state index contributed by atoms with van der Waals surface area (Å²) in [5.74, 6) is -0.717. The second-order valence-electron chi connectivity index (χ2n) is 6.21. The Morgan fingerprint density at radius 1 is 1.07 bits per heavy atom. The number of pyridine rings is 1. The minimum absolute atomic E-state index is 0.139. The van der Waals surface area contributed by atoms with Crippen LogP contribution in [0, 0.1) is 0 Å². The summed E-state index contributed by atoms with van der Waals surface area (Å²) in [5.41, 5.74) is -0.139. The minimum atomic E-state index is -3.99. The zero-order valence-corrected chi connectivity index (χ0v) is 15.8. The number of aromatic carboxylic acids is 1. The molecule has 0 radical (unpaired) electrons. The lowest BCUT2D eigenvalue weighted by molar-refractivity contribution is -0.130. The van der Waals surface area contributed by atoms with Gasteiger partial charge in [0.2, 0.25) is 15.9 Å². The average molecular weight is 404 g/mol. The Balaban J connectivity index is 1.55. The lowest BCUT2D eigenvalue weighted by atomic mass is 10.2. The first-order valence-corrected chi connectivity index (χ1v) is 10.1. The molecular formula is C18H20N4O5S. The maximum Gasteiger partial charge on any atom is 0.335 e. The molecule has 2 aromatic rings. The molecule has 1 saturated heterocycles. The highest BCUT2D eigenvalue weighted by Gasteiger charge is 2.24. The SMILES string of the molecule is O=C(O)c1cccc(S(=O)(=O)NCC(=O)N2CCN(c3ccccn3)CC2)c1. The largest absolute Gasteiger partial charge is 0.478 e. The van der Waals surface area contributed by atoms with E-state index in [4.69, 9.17) is 5.11 Å². The van der Waals surface area contributed by atoms with Gasteiger partial charge in [-0.15, -0.1) is 0 Å². The molecule has 0 bridgehead atoms. The Morgan fingerprint density at radius 2 is 1.82 bits per heavy atom. The fourth-order valence-electron chi connectivity index (χ4n) is 2.87. The summed E-state index contributed by atoms with van der Waals surface area (Å²) in [7, 11) is -3.99. The van der Waals surface area contributed by atoms with Crippen LogP contribution in [0.5, 0.6) is 0 Å². The van der Waals surface area contributed by atoms with Crippen LogP contribution in [0.1, 0.15) is 10.4 Å². The number of carbonyl (C=O) groups excluding carboxylic acids is 1. The van der Waals surface area contributed by atoms with Crippen LogP contribution >= 0.6 is 0 Å². The van der Waals surface area contributed by atoms with Crippen LogP contribution in [0.25, 0.3) is 0 Å². The number of rotatable bonds is 6. The molecule has 28 heavy (non-hydrogen) atoms. The number of carboxylic acid groups (broad SMARTS) is 1. The van der Waals surface area contributed by atoms with E-state index >= 15 is 0 Å². The smallest absolute Gasteiger partial charge is 0.335 e. The molecule has 0 atom stereocenters. The monoisotopic (exact) mass is 404 g/mol. The van der Waals surface area contributed by atoms with Crippen LogP contribution in [0.2, 0.25) is 0 Å². The van der Waals surface area contributed by atoms with Crippen LogP contribution < -0.4 is 9.62 Å². The molecule has 1 aromatic heterocycles. The Labute approximate surface area is 162 Å². The van der Waals surface area contributed by atoms with Crippen molar-refractivity contribution >= 4 is 27.7 Å². The van der Waals surface area contributed by atoms with Crippen molar-refractivity contribution in [3.8, 4) is 0 Å². The summed E-state index contributed by atoms with van der Waals surface area (Å²) in [6.45, 7) is 1.76. The number of hydrogen-bond donors (Lipinski definition) is 2. The van der Waals surface area contributed by atoms with Gasteiger partial charge in [0, 0.05) is 32.4 Å². The molecule has 1 amide bonds. The number of benzene rings is 1. The number of amides is 1. The van der Waals surface area contributed by atoms with Crippen LogP contribution in [0.3, 0.4) is 0 Å². The van der Waals surface area contributed by atoms with Crippen LogP contribution in [-0.2, 0) is 14.8 Å². The summed E-state index contributed by atoms with van der Waals surface area (Å²) in [4.78, 5) is 31.1. The second-order valence-corrected chi connectivity index (χ2v) is 7.98. The fourth-order valence-corrected chi connectivity index (χ4v) is 3.89. The number of sulfonamides is 1. The van der Waals surface area contributed by atoms with E-state index in [9.17, 15) is 18.0 Å². The maximum absolute atomic E-state index is 12.4. The van der Waals surface area contributed by atoms with E-state index in [2.05, 4.69) is 14.6 Å². The highest BCUT2D eigenvalue weighted by Crippen LogP contribution is 2.13. The number of aromatic nitrogens is 1. The summed E-state index contributed by atoms with van der Waals surface area (Å²) < 4.78 is 26.9. The van der Waals surface area contributed by atoms with Gasteiger partial charge in [-0.2, -0.15) is 0 Å². The van der Waals surface area contributed by atoms with Crippen molar-refractivity contribution < 1.29 is 23.1 Å². The molecule has 1 aliphatic heterocycles. The van der Waals surface area contributed by atoms with E-state index in [1.54, 1.807) is 11.1 Å². The van der Waals surface area contributed by atoms with Gasteiger partial charge in [0.15, 0.2) is 0 Å². The van der Waals surface area contributed by atoms with Crippen LogP contribution in [-0.4, -0.2) is 68.0 Å². The Hall–Kier alpha value is -2.98. The minimum Gasteiger partial charge on any atom is -0.478 e. The van der Waals surface area contributed by atoms with Crippen molar-refractivity contribution in [1.82, 2.24) is 14.6 Å². The maximum atomic E-state index is 12.4. The van der Waals surface area contributed by atoms with E-state index in [0.29, 0.717) is 26.2 Å². The number of carboxylic acids is 1. The number of nitrogens with zero attached hydrogens (tertiary/aromatic N) is 3. The first-order valence-electron chi connectivity index (χ1n) is 8.63. The lowest BCUT2D eigenvalue weighted by Crippen LogP contribution is -2.51. The topological polar surface area (TPSA) is 120 Å². The molecule has 2 heterocycles. The molecule has 1 fully saturated rings.